The molecular weight excluding hydrogens is 100 g/mol. The van der Waals surface area contributed by atoms with Crippen molar-refractivity contribution in [2.24, 2.45) is 5.92 Å². The second-order valence-electron chi connectivity index (χ2n) is 2.22. The van der Waals surface area contributed by atoms with Crippen molar-refractivity contribution in [1.29, 1.82) is 0 Å². The Kier molecular flexibility index (Phi) is 1.55. The van der Waals surface area contributed by atoms with Gasteiger partial charge < -0.3 is 5.11 Å². The molecule has 44 valence electrons. The number of hydrogen-bond acceptors (Lipinski definition) is 1. The summed E-state index contributed by atoms with van der Waals surface area (Å²) >= 11 is 0. The Labute approximate surface area is 49.7 Å². The molecule has 0 aromatic carbocycles. The minimum atomic E-state index is -0.170. The summed E-state index contributed by atoms with van der Waals surface area (Å²) in [6.07, 6.45) is 1.55. The summed E-state index contributed by atoms with van der Waals surface area (Å²) in [4.78, 5) is 0. The predicted molar refractivity (Wildman–Crippen MR) is 32.2 cm³/mol. The molecule has 0 fully saturated rings. The van der Waals surface area contributed by atoms with Crippen LogP contribution >= 0.6 is 0 Å². The highest BCUT2D eigenvalue weighted by atomic mass is 16.3. The molecule has 8 heavy (non-hydrogen) atoms. The van der Waals surface area contributed by atoms with E-state index in [0.717, 1.165) is 12.8 Å². The van der Waals surface area contributed by atoms with Gasteiger partial charge in [-0.2, -0.15) is 0 Å². The Balaban J connectivity index is 2.55. The van der Waals surface area contributed by atoms with E-state index in [2.05, 4.69) is 11.8 Å². The molecule has 0 saturated carbocycles. The number of rotatable bonds is 0. The van der Waals surface area contributed by atoms with E-state index in [4.69, 9.17) is 5.11 Å². The van der Waals surface area contributed by atoms with Crippen LogP contribution in [-0.2, 0) is 0 Å². The maximum absolute atomic E-state index is 9.08. The van der Waals surface area contributed by atoms with E-state index in [1.54, 1.807) is 0 Å². The van der Waals surface area contributed by atoms with E-state index >= 15 is 0 Å². The molecule has 0 heterocycles. The largest absolute Gasteiger partial charge is 0.392 e. The normalized spacial score (nSPS) is 35.8. The first-order chi connectivity index (χ1) is 3.80. The van der Waals surface area contributed by atoms with Crippen molar-refractivity contribution in [3.8, 4) is 11.8 Å². The van der Waals surface area contributed by atoms with E-state index in [-0.39, 0.29) is 12.0 Å². The lowest BCUT2D eigenvalue weighted by Crippen LogP contribution is -2.17. The molecule has 1 aliphatic carbocycles. The van der Waals surface area contributed by atoms with Crippen molar-refractivity contribution < 1.29 is 5.11 Å². The minimum absolute atomic E-state index is 0.170. The van der Waals surface area contributed by atoms with E-state index in [9.17, 15) is 0 Å². The van der Waals surface area contributed by atoms with Gasteiger partial charge in [-0.05, 0) is 13.3 Å². The fourth-order valence-corrected chi connectivity index (χ4v) is 0.799. The highest BCUT2D eigenvalue weighted by Gasteiger charge is 2.12. The van der Waals surface area contributed by atoms with Crippen LogP contribution in [0.25, 0.3) is 0 Å². The molecule has 0 aliphatic heterocycles. The monoisotopic (exact) mass is 110 g/mol. The van der Waals surface area contributed by atoms with Gasteiger partial charge in [0.2, 0.25) is 0 Å². The fourth-order valence-electron chi connectivity index (χ4n) is 0.799. The van der Waals surface area contributed by atoms with Crippen LogP contribution in [0.2, 0.25) is 0 Å². The number of hydrogen-bond donors (Lipinski definition) is 1. The zero-order valence-corrected chi connectivity index (χ0v) is 5.02. The van der Waals surface area contributed by atoms with Gasteiger partial charge in [-0.15, -0.1) is 5.92 Å². The summed E-state index contributed by atoms with van der Waals surface area (Å²) in [5.41, 5.74) is 0. The van der Waals surface area contributed by atoms with Crippen molar-refractivity contribution in [2.75, 3.05) is 0 Å². The predicted octanol–water partition coefficient (Wildman–Crippen LogP) is 0.781. The van der Waals surface area contributed by atoms with Gasteiger partial charge in [0.05, 0.1) is 6.10 Å². The van der Waals surface area contributed by atoms with Gasteiger partial charge in [0.15, 0.2) is 0 Å². The summed E-state index contributed by atoms with van der Waals surface area (Å²) in [6, 6.07) is 0. The lowest BCUT2D eigenvalue weighted by Gasteiger charge is -2.14. The Morgan fingerprint density at radius 1 is 1.62 bits per heavy atom. The van der Waals surface area contributed by atoms with Gasteiger partial charge in [-0.25, -0.2) is 0 Å². The first-order valence-corrected chi connectivity index (χ1v) is 2.97. The quantitative estimate of drug-likeness (QED) is 0.457. The molecule has 0 spiro atoms. The number of aliphatic hydroxyl groups is 1. The molecule has 1 N–H and O–H groups in total. The van der Waals surface area contributed by atoms with E-state index in [1.165, 1.54) is 0 Å². The van der Waals surface area contributed by atoms with Crippen LogP contribution in [0, 0.1) is 17.8 Å². The van der Waals surface area contributed by atoms with Crippen molar-refractivity contribution in [1.82, 2.24) is 0 Å². The summed E-state index contributed by atoms with van der Waals surface area (Å²) in [7, 11) is 0. The van der Waals surface area contributed by atoms with Gasteiger partial charge in [-0.3, -0.25) is 0 Å². The Bertz CT molecular complexity index is 129. The highest BCUT2D eigenvalue weighted by molar-refractivity contribution is 5.08. The summed E-state index contributed by atoms with van der Waals surface area (Å²) in [6.45, 7) is 1.96. The molecule has 1 rings (SSSR count). The third-order valence-electron chi connectivity index (χ3n) is 1.47. The molecule has 2 atom stereocenters. The molecule has 2 unspecified atom stereocenters. The maximum Gasteiger partial charge on any atom is 0.0684 e. The molecule has 1 nitrogen and oxygen atoms in total. The minimum Gasteiger partial charge on any atom is -0.392 e. The van der Waals surface area contributed by atoms with E-state index < -0.39 is 0 Å². The van der Waals surface area contributed by atoms with Crippen molar-refractivity contribution >= 4 is 0 Å². The first-order valence-electron chi connectivity index (χ1n) is 2.97. The fraction of sp³-hybridized carbons (Fsp3) is 0.714. The molecule has 0 aromatic heterocycles. The van der Waals surface area contributed by atoms with Crippen LogP contribution in [0.5, 0.6) is 0 Å². The van der Waals surface area contributed by atoms with Gasteiger partial charge >= 0.3 is 0 Å². The van der Waals surface area contributed by atoms with Crippen LogP contribution in [0.4, 0.5) is 0 Å². The lowest BCUT2D eigenvalue weighted by atomic mass is 9.97. The molecule has 0 amide bonds. The first kappa shape index (κ1) is 5.65. The molecular formula is C7H10O. The van der Waals surface area contributed by atoms with E-state index in [0.29, 0.717) is 0 Å². The highest BCUT2D eigenvalue weighted by Crippen LogP contribution is 2.11. The molecule has 0 radical (unpaired) electrons. The van der Waals surface area contributed by atoms with Crippen LogP contribution < -0.4 is 0 Å². The molecule has 0 aromatic rings. The smallest absolute Gasteiger partial charge is 0.0684 e. The van der Waals surface area contributed by atoms with Crippen LogP contribution in [0.1, 0.15) is 19.8 Å². The summed E-state index contributed by atoms with van der Waals surface area (Å²) in [5.74, 6) is 6.08. The standard InChI is InChI=1S/C7H10O/c1-6-4-2-3-5-7(6)8/h6-8H,3,5H2,1H3. The van der Waals surface area contributed by atoms with Crippen LogP contribution in [-0.4, -0.2) is 11.2 Å². The average molecular weight is 110 g/mol. The topological polar surface area (TPSA) is 20.2 Å². The Morgan fingerprint density at radius 3 is 2.75 bits per heavy atom. The third kappa shape index (κ3) is 1.02. The third-order valence-corrected chi connectivity index (χ3v) is 1.47. The van der Waals surface area contributed by atoms with Gasteiger partial charge in [0, 0.05) is 12.3 Å². The summed E-state index contributed by atoms with van der Waals surface area (Å²) in [5, 5.41) is 9.08. The van der Waals surface area contributed by atoms with Crippen LogP contribution in [0.3, 0.4) is 0 Å². The van der Waals surface area contributed by atoms with Gasteiger partial charge in [0.25, 0.3) is 0 Å². The SMILES string of the molecule is CC1C#CCCC1O. The molecule has 0 bridgehead atoms. The van der Waals surface area contributed by atoms with Crippen LogP contribution in [0.15, 0.2) is 0 Å². The van der Waals surface area contributed by atoms with E-state index in [1.807, 2.05) is 6.92 Å². The second-order valence-corrected chi connectivity index (χ2v) is 2.22. The van der Waals surface area contributed by atoms with Crippen molar-refractivity contribution in [2.45, 2.75) is 25.9 Å². The zero-order chi connectivity index (χ0) is 5.98. The van der Waals surface area contributed by atoms with Gasteiger partial charge in [0.1, 0.15) is 0 Å². The molecule has 1 heteroatoms. The summed E-state index contributed by atoms with van der Waals surface area (Å²) < 4.78 is 0. The van der Waals surface area contributed by atoms with Gasteiger partial charge in [-0.1, -0.05) is 5.92 Å². The Hall–Kier alpha value is -0.480. The molecule has 0 saturated heterocycles. The second kappa shape index (κ2) is 2.19. The lowest BCUT2D eigenvalue weighted by molar-refractivity contribution is 0.130. The van der Waals surface area contributed by atoms with Crippen molar-refractivity contribution in [3.05, 3.63) is 0 Å². The average Bonchev–Trinajstić information content (AvgIpc) is 1.77. The zero-order valence-electron chi connectivity index (χ0n) is 5.02. The number of aliphatic hydroxyl groups excluding tert-OH is 1. The Morgan fingerprint density at radius 2 is 2.38 bits per heavy atom. The maximum atomic E-state index is 9.08. The van der Waals surface area contributed by atoms with Crippen molar-refractivity contribution in [3.63, 3.8) is 0 Å². The molecule has 1 aliphatic rings.